The zero-order valence-corrected chi connectivity index (χ0v) is 23.8. The van der Waals surface area contributed by atoms with Gasteiger partial charge < -0.3 is 0 Å². The van der Waals surface area contributed by atoms with Gasteiger partial charge in [0.2, 0.25) is 0 Å². The molecule has 1 aromatic rings. The van der Waals surface area contributed by atoms with Crippen LogP contribution in [0.2, 0.25) is 13.3 Å². The Labute approximate surface area is 202 Å². The summed E-state index contributed by atoms with van der Waals surface area (Å²) in [5, 5.41) is 8.91. The van der Waals surface area contributed by atoms with Crippen LogP contribution < -0.4 is 4.74 Å². The van der Waals surface area contributed by atoms with E-state index in [9.17, 15) is 0 Å². The Hall–Kier alpha value is -0.991. The van der Waals surface area contributed by atoms with E-state index in [1.165, 1.54) is 64.5 Å². The van der Waals surface area contributed by atoms with E-state index in [-0.39, 0.29) is 0 Å². The molecule has 4 heteroatoms. The predicted octanol–water partition coefficient (Wildman–Crippen LogP) is 7.59. The Balaban J connectivity index is 1.79. The van der Waals surface area contributed by atoms with E-state index in [4.69, 9.17) is 10.00 Å². The quantitative estimate of drug-likeness (QED) is 0.213. The van der Waals surface area contributed by atoms with Gasteiger partial charge in [0, 0.05) is 0 Å². The van der Waals surface area contributed by atoms with Crippen LogP contribution in [0.5, 0.6) is 5.75 Å². The second kappa shape index (κ2) is 15.8. The average Bonchev–Trinajstić information content (AvgIpc) is 2.84. The van der Waals surface area contributed by atoms with Crippen LogP contribution in [0.25, 0.3) is 0 Å². The van der Waals surface area contributed by atoms with Crippen molar-refractivity contribution in [2.45, 2.75) is 85.4 Å². The van der Waals surface area contributed by atoms with Gasteiger partial charge in [-0.05, 0) is 0 Å². The second-order valence-corrected chi connectivity index (χ2v) is 22.8. The third kappa shape index (κ3) is 9.87. The Bertz CT molecular complexity index is 665. The van der Waals surface area contributed by atoms with Crippen LogP contribution in [0.3, 0.4) is 0 Å². The summed E-state index contributed by atoms with van der Waals surface area (Å²) >= 11 is -2.12. The normalized spacial score (nSPS) is 15.8. The molecule has 1 aromatic carbocycles. The van der Waals surface area contributed by atoms with Crippen molar-refractivity contribution >= 4 is 18.4 Å². The third-order valence-electron chi connectivity index (χ3n) is 7.10. The van der Waals surface area contributed by atoms with E-state index in [0.717, 1.165) is 18.9 Å². The summed E-state index contributed by atoms with van der Waals surface area (Å²) in [6, 6.07) is 9.64. The fourth-order valence-electron chi connectivity index (χ4n) is 4.84. The van der Waals surface area contributed by atoms with E-state index in [1.807, 2.05) is 24.3 Å². The van der Waals surface area contributed by atoms with Crippen molar-refractivity contribution in [1.82, 2.24) is 4.90 Å². The molecule has 1 aliphatic rings. The summed E-state index contributed by atoms with van der Waals surface area (Å²) in [7, 11) is 0. The van der Waals surface area contributed by atoms with Crippen LogP contribution in [-0.4, -0.2) is 49.5 Å². The van der Waals surface area contributed by atoms with Gasteiger partial charge in [0.15, 0.2) is 0 Å². The van der Waals surface area contributed by atoms with Crippen molar-refractivity contribution in [3.63, 3.8) is 0 Å². The number of likely N-dealkylation sites (tertiary alicyclic amines) is 1. The molecule has 0 aromatic heterocycles. The number of piperidine rings is 1. The summed E-state index contributed by atoms with van der Waals surface area (Å²) in [5.41, 5.74) is 0.687. The van der Waals surface area contributed by atoms with E-state index in [0.29, 0.717) is 11.5 Å². The van der Waals surface area contributed by atoms with Gasteiger partial charge in [-0.1, -0.05) is 0 Å². The molecule has 0 saturated carbocycles. The molecule has 0 bridgehead atoms. The van der Waals surface area contributed by atoms with Gasteiger partial charge in [-0.25, -0.2) is 0 Å². The number of nitriles is 1. The van der Waals surface area contributed by atoms with Crippen molar-refractivity contribution in [2.24, 2.45) is 5.92 Å². The standard InChI is InChI=1S/C16H19N2O.3C4H9.Sn/c1-2-9-18-10-7-15(8-11-18)13-19-16-5-3-14(12-17)4-6-16;3*1-3-4-2;/h1-6,15H,7-11,13H2;3*1,3-4H2,2H3;. The van der Waals surface area contributed by atoms with E-state index >= 15 is 0 Å². The summed E-state index contributed by atoms with van der Waals surface area (Å²) in [6.07, 6.45) is 13.4. The minimum absolute atomic E-state index is 0.641. The maximum atomic E-state index is 8.91. The Morgan fingerprint density at radius 2 is 1.53 bits per heavy atom. The summed E-state index contributed by atoms with van der Waals surface area (Å²) in [5.74, 6) is 1.52. The van der Waals surface area contributed by atoms with Crippen LogP contribution in [0.4, 0.5) is 0 Å². The molecular formula is C28H46N2OSn. The van der Waals surface area contributed by atoms with Gasteiger partial charge in [-0.3, -0.25) is 0 Å². The van der Waals surface area contributed by atoms with Crippen LogP contribution in [-0.2, 0) is 0 Å². The zero-order valence-electron chi connectivity index (χ0n) is 21.0. The zero-order chi connectivity index (χ0) is 23.1. The van der Waals surface area contributed by atoms with Crippen molar-refractivity contribution in [3.8, 4) is 11.8 Å². The minimum atomic E-state index is -2.12. The van der Waals surface area contributed by atoms with Crippen molar-refractivity contribution in [2.75, 3.05) is 26.2 Å². The monoisotopic (exact) mass is 546 g/mol. The number of benzene rings is 1. The molecule has 1 fully saturated rings. The van der Waals surface area contributed by atoms with Crippen molar-refractivity contribution in [3.05, 3.63) is 40.0 Å². The molecular weight excluding hydrogens is 499 g/mol. The van der Waals surface area contributed by atoms with Crippen LogP contribution in [0.1, 0.15) is 77.7 Å². The Morgan fingerprint density at radius 3 is 2.03 bits per heavy atom. The first-order valence-electron chi connectivity index (χ1n) is 13.2. The van der Waals surface area contributed by atoms with Gasteiger partial charge in [0.25, 0.3) is 0 Å². The number of hydrogen-bond acceptors (Lipinski definition) is 3. The van der Waals surface area contributed by atoms with Crippen molar-refractivity contribution in [1.29, 1.82) is 5.26 Å². The first-order valence-corrected chi connectivity index (χ1v) is 20.9. The molecule has 0 unspecified atom stereocenters. The third-order valence-corrected chi connectivity index (χ3v) is 21.3. The molecule has 178 valence electrons. The Kier molecular flexibility index (Phi) is 13.4. The van der Waals surface area contributed by atoms with Gasteiger partial charge in [0.05, 0.1) is 11.6 Å². The number of hydrogen-bond donors (Lipinski definition) is 0. The summed E-state index contributed by atoms with van der Waals surface area (Å²) in [4.78, 5) is 2.64. The van der Waals surface area contributed by atoms with Gasteiger partial charge in [-0.15, -0.1) is 0 Å². The van der Waals surface area contributed by atoms with Crippen molar-refractivity contribution < 1.29 is 4.74 Å². The molecule has 1 heterocycles. The molecule has 0 amide bonds. The SMILES string of the molecule is CCC[CH2][Sn](/[CH]=C/CN1CCC(COc2ccc(C#N)cc2)CC1)([CH2]CCC)[CH2]CCC. The molecule has 1 aliphatic heterocycles. The summed E-state index contributed by atoms with van der Waals surface area (Å²) in [6.45, 7) is 11.4. The molecule has 0 atom stereocenters. The van der Waals surface area contributed by atoms with Gasteiger partial charge in [0.1, 0.15) is 0 Å². The van der Waals surface area contributed by atoms with Gasteiger partial charge >= 0.3 is 186 Å². The molecule has 1 saturated heterocycles. The average molecular weight is 545 g/mol. The van der Waals surface area contributed by atoms with Crippen LogP contribution >= 0.6 is 0 Å². The number of nitrogens with zero attached hydrogens (tertiary/aromatic N) is 2. The Morgan fingerprint density at radius 1 is 0.969 bits per heavy atom. The molecule has 32 heavy (non-hydrogen) atoms. The molecule has 0 spiro atoms. The topological polar surface area (TPSA) is 36.3 Å². The number of rotatable bonds is 15. The first kappa shape index (κ1) is 27.3. The van der Waals surface area contributed by atoms with E-state index in [1.54, 1.807) is 13.3 Å². The summed E-state index contributed by atoms with van der Waals surface area (Å²) < 4.78 is 13.5. The fraction of sp³-hybridized carbons (Fsp3) is 0.679. The molecule has 0 radical (unpaired) electrons. The molecule has 0 aliphatic carbocycles. The van der Waals surface area contributed by atoms with Crippen LogP contribution in [0, 0.1) is 17.2 Å². The first-order chi connectivity index (χ1) is 15.6. The second-order valence-electron chi connectivity index (χ2n) is 9.77. The predicted molar refractivity (Wildman–Crippen MR) is 140 cm³/mol. The molecule has 3 nitrogen and oxygen atoms in total. The van der Waals surface area contributed by atoms with E-state index in [2.05, 4.69) is 41.9 Å². The number of unbranched alkanes of at least 4 members (excludes halogenated alkanes) is 3. The molecule has 2 rings (SSSR count). The fourth-order valence-corrected chi connectivity index (χ4v) is 19.2. The van der Waals surface area contributed by atoms with E-state index < -0.39 is 18.4 Å². The van der Waals surface area contributed by atoms with Gasteiger partial charge in [-0.2, -0.15) is 5.26 Å². The maximum absolute atomic E-state index is 8.91. The number of ether oxygens (including phenoxy) is 1. The van der Waals surface area contributed by atoms with Crippen LogP contribution in [0.15, 0.2) is 34.4 Å². The molecule has 0 N–H and O–H groups in total.